The summed E-state index contributed by atoms with van der Waals surface area (Å²) in [6.07, 6.45) is 0.690. The van der Waals surface area contributed by atoms with E-state index in [0.717, 1.165) is 16.4 Å². The number of nitrogens with zero attached hydrogens (tertiary/aromatic N) is 5. The minimum atomic E-state index is -1.25. The smallest absolute Gasteiger partial charge is 0.399 e. The summed E-state index contributed by atoms with van der Waals surface area (Å²) in [7, 11) is 0. The number of hydrogen-bond donors (Lipinski definition) is 2. The van der Waals surface area contributed by atoms with Gasteiger partial charge in [-0.15, -0.1) is 0 Å². The van der Waals surface area contributed by atoms with E-state index in [4.69, 9.17) is 31.1 Å². The van der Waals surface area contributed by atoms with Crippen LogP contribution in [0.15, 0.2) is 68.8 Å². The van der Waals surface area contributed by atoms with Crippen molar-refractivity contribution in [2.45, 2.75) is 19.5 Å². The third-order valence-corrected chi connectivity index (χ3v) is 5.12. The summed E-state index contributed by atoms with van der Waals surface area (Å²) in [6.45, 7) is 0.00788. The molecule has 2 aromatic carbocycles. The number of anilines is 2. The Labute approximate surface area is 207 Å². The molecule has 0 unspecified atom stereocenters. The number of rotatable bonds is 9. The Morgan fingerprint density at radius 1 is 1.11 bits per heavy atom. The van der Waals surface area contributed by atoms with Crippen LogP contribution in [0.5, 0.6) is 11.8 Å². The molecule has 13 heteroatoms. The van der Waals surface area contributed by atoms with Gasteiger partial charge in [0.2, 0.25) is 5.95 Å². The lowest BCUT2D eigenvalue weighted by molar-refractivity contribution is 0.0690. The maximum atomic E-state index is 13.1. The lowest BCUT2D eigenvalue weighted by Gasteiger charge is -2.15. The predicted octanol–water partition coefficient (Wildman–Crippen LogP) is 3.24. The fourth-order valence-corrected chi connectivity index (χ4v) is 3.26. The Morgan fingerprint density at radius 2 is 1.83 bits per heavy atom. The highest BCUT2D eigenvalue weighted by Crippen LogP contribution is 2.24. The van der Waals surface area contributed by atoms with Crippen molar-refractivity contribution in [1.29, 1.82) is 5.26 Å². The van der Waals surface area contributed by atoms with E-state index < -0.39 is 17.3 Å². The van der Waals surface area contributed by atoms with Gasteiger partial charge in [-0.2, -0.15) is 15.2 Å². The molecule has 4 rings (SSSR count). The molecular formula is C23H17ClN6O6. The summed E-state index contributed by atoms with van der Waals surface area (Å²) in [4.78, 5) is 44.2. The van der Waals surface area contributed by atoms with Crippen LogP contribution in [0.2, 0.25) is 5.02 Å². The molecule has 0 saturated carbocycles. The van der Waals surface area contributed by atoms with Crippen LogP contribution in [0.25, 0.3) is 0 Å². The van der Waals surface area contributed by atoms with Crippen molar-refractivity contribution < 1.29 is 19.1 Å². The number of nitriles is 1. The Bertz CT molecular complexity index is 1550. The molecule has 0 spiro atoms. The molecule has 2 aromatic heterocycles. The van der Waals surface area contributed by atoms with Crippen molar-refractivity contribution in [1.82, 2.24) is 19.1 Å². The van der Waals surface area contributed by atoms with Gasteiger partial charge >= 0.3 is 23.4 Å². The lowest BCUT2D eigenvalue weighted by atomic mass is 10.2. The minimum absolute atomic E-state index is 0.000581. The first-order valence-corrected chi connectivity index (χ1v) is 10.8. The summed E-state index contributed by atoms with van der Waals surface area (Å²) in [5.41, 5.74) is -0.485. The van der Waals surface area contributed by atoms with Crippen molar-refractivity contribution >= 4 is 29.2 Å². The van der Waals surface area contributed by atoms with Crippen LogP contribution in [0.4, 0.5) is 11.6 Å². The van der Waals surface area contributed by atoms with Crippen molar-refractivity contribution in [2.75, 3.05) is 5.32 Å². The number of nitrogens with one attached hydrogen (secondary N) is 1. The molecule has 0 aliphatic rings. The zero-order valence-corrected chi connectivity index (χ0v) is 19.2. The summed E-state index contributed by atoms with van der Waals surface area (Å²) >= 11 is 5.95. The zero-order chi connectivity index (χ0) is 25.7. The van der Waals surface area contributed by atoms with Gasteiger partial charge in [0, 0.05) is 17.3 Å². The number of oxazole rings is 1. The maximum Gasteiger partial charge on any atom is 0.399 e. The second kappa shape index (κ2) is 10.6. The maximum absolute atomic E-state index is 13.1. The third kappa shape index (κ3) is 5.60. The van der Waals surface area contributed by atoms with Crippen LogP contribution >= 0.6 is 11.6 Å². The summed E-state index contributed by atoms with van der Waals surface area (Å²) in [5.74, 6) is -0.946. The topological polar surface area (TPSA) is 165 Å². The van der Waals surface area contributed by atoms with E-state index in [-0.39, 0.29) is 37.2 Å². The van der Waals surface area contributed by atoms with Crippen LogP contribution in [0.3, 0.4) is 0 Å². The van der Waals surface area contributed by atoms with Crippen molar-refractivity contribution in [3.63, 3.8) is 0 Å². The molecule has 182 valence electrons. The number of carbonyl (C=O) groups is 1. The molecule has 0 aliphatic heterocycles. The highest BCUT2D eigenvalue weighted by molar-refractivity contribution is 6.30. The van der Waals surface area contributed by atoms with Crippen LogP contribution < -0.4 is 21.4 Å². The van der Waals surface area contributed by atoms with E-state index in [2.05, 4.69) is 15.3 Å². The number of ether oxygens (including phenoxy) is 1. The Kier molecular flexibility index (Phi) is 7.12. The molecule has 12 nitrogen and oxygen atoms in total. The highest BCUT2D eigenvalue weighted by atomic mass is 35.5. The van der Waals surface area contributed by atoms with E-state index in [1.165, 1.54) is 4.57 Å². The number of carboxylic acids is 1. The SMILES string of the molecule is N#CCCn1c(=O)nc(Nc2ccc(Oc3nc(C(=O)O)co3)cc2)n(Cc2ccc(Cl)cc2)c1=O. The van der Waals surface area contributed by atoms with Gasteiger partial charge in [-0.05, 0) is 42.0 Å². The van der Waals surface area contributed by atoms with Crippen molar-refractivity contribution in [2.24, 2.45) is 0 Å². The normalized spacial score (nSPS) is 10.6. The first-order valence-electron chi connectivity index (χ1n) is 10.4. The van der Waals surface area contributed by atoms with Crippen molar-refractivity contribution in [3.8, 4) is 17.9 Å². The first-order chi connectivity index (χ1) is 17.3. The van der Waals surface area contributed by atoms with Crippen LogP contribution in [-0.2, 0) is 13.1 Å². The largest absolute Gasteiger partial charge is 0.476 e. The van der Waals surface area contributed by atoms with Crippen LogP contribution in [0.1, 0.15) is 22.5 Å². The molecule has 0 bridgehead atoms. The number of carboxylic acid groups (broad SMARTS) is 1. The standard InChI is InChI=1S/C23H17ClN6O6/c24-15-4-2-14(3-5-15)12-30-20(28-21(33)29(23(30)34)11-1-10-25)26-16-6-8-17(9-7-16)36-22-27-18(13-35-22)19(31)32/h2-9,13H,1,11-12H2,(H,31,32)(H,26,28,33). The fraction of sp³-hybridized carbons (Fsp3) is 0.130. The van der Waals surface area contributed by atoms with Gasteiger partial charge < -0.3 is 19.6 Å². The van der Waals surface area contributed by atoms with Gasteiger partial charge in [0.1, 0.15) is 12.0 Å². The lowest BCUT2D eigenvalue weighted by Crippen LogP contribution is -2.42. The molecule has 2 N–H and O–H groups in total. The molecule has 0 amide bonds. The third-order valence-electron chi connectivity index (χ3n) is 4.87. The predicted molar refractivity (Wildman–Crippen MR) is 127 cm³/mol. The summed E-state index contributed by atoms with van der Waals surface area (Å²) < 4.78 is 12.5. The monoisotopic (exact) mass is 508 g/mol. The quantitative estimate of drug-likeness (QED) is 0.342. The van der Waals surface area contributed by atoms with Crippen LogP contribution in [0, 0.1) is 11.3 Å². The van der Waals surface area contributed by atoms with Gasteiger partial charge in [-0.3, -0.25) is 4.57 Å². The molecular weight excluding hydrogens is 492 g/mol. The van der Waals surface area contributed by atoms with E-state index >= 15 is 0 Å². The highest BCUT2D eigenvalue weighted by Gasteiger charge is 2.15. The Hall–Kier alpha value is -4.89. The van der Waals surface area contributed by atoms with Gasteiger partial charge in [0.05, 0.1) is 19.0 Å². The second-order valence-electron chi connectivity index (χ2n) is 7.33. The second-order valence-corrected chi connectivity index (χ2v) is 7.76. The number of aromatic carboxylic acids is 1. The average Bonchev–Trinajstić information content (AvgIpc) is 3.33. The summed E-state index contributed by atoms with van der Waals surface area (Å²) in [6, 6.07) is 15.0. The molecule has 0 fully saturated rings. The molecule has 2 heterocycles. The fourth-order valence-electron chi connectivity index (χ4n) is 3.13. The average molecular weight is 509 g/mol. The molecule has 0 radical (unpaired) electrons. The van der Waals surface area contributed by atoms with Crippen molar-refractivity contribution in [3.05, 3.63) is 92.0 Å². The van der Waals surface area contributed by atoms with E-state index in [1.54, 1.807) is 48.5 Å². The number of halogens is 1. The molecule has 0 atom stereocenters. The van der Waals surface area contributed by atoms with E-state index in [9.17, 15) is 14.4 Å². The van der Waals surface area contributed by atoms with E-state index in [1.807, 2.05) is 6.07 Å². The molecule has 0 aliphatic carbocycles. The first kappa shape index (κ1) is 24.2. The summed E-state index contributed by atoms with van der Waals surface area (Å²) in [5, 5.41) is 21.3. The Balaban J connectivity index is 1.61. The van der Waals surface area contributed by atoms with Gasteiger partial charge in [0.25, 0.3) is 0 Å². The number of benzene rings is 2. The molecule has 36 heavy (non-hydrogen) atoms. The number of aromatic nitrogens is 4. The number of hydrogen-bond acceptors (Lipinski definition) is 9. The molecule has 4 aromatic rings. The van der Waals surface area contributed by atoms with Gasteiger partial charge in [0.15, 0.2) is 5.69 Å². The molecule has 0 saturated heterocycles. The van der Waals surface area contributed by atoms with Gasteiger partial charge in [-0.1, -0.05) is 23.7 Å². The Morgan fingerprint density at radius 3 is 2.47 bits per heavy atom. The van der Waals surface area contributed by atoms with Gasteiger partial charge in [-0.25, -0.2) is 19.0 Å². The van der Waals surface area contributed by atoms with E-state index in [0.29, 0.717) is 16.5 Å². The minimum Gasteiger partial charge on any atom is -0.476 e. The van der Waals surface area contributed by atoms with Crippen LogP contribution in [-0.4, -0.2) is 30.2 Å². The zero-order valence-electron chi connectivity index (χ0n) is 18.4.